The number of carbonyl (C=O) groups excluding carboxylic acids is 2. The van der Waals surface area contributed by atoms with E-state index in [0.29, 0.717) is 11.3 Å². The third-order valence-electron chi connectivity index (χ3n) is 5.00. The van der Waals surface area contributed by atoms with Crippen LogP contribution >= 0.6 is 0 Å². The average molecular weight is 367 g/mol. The summed E-state index contributed by atoms with van der Waals surface area (Å²) in [5.41, 5.74) is 2.04. The first-order valence-corrected chi connectivity index (χ1v) is 9.14. The van der Waals surface area contributed by atoms with Crippen molar-refractivity contribution in [2.45, 2.75) is 19.9 Å². The zero-order valence-corrected chi connectivity index (χ0v) is 15.7. The molecule has 1 aliphatic rings. The van der Waals surface area contributed by atoms with Crippen LogP contribution in [0, 0.1) is 0 Å². The summed E-state index contributed by atoms with van der Waals surface area (Å²) < 4.78 is 0. The fourth-order valence-corrected chi connectivity index (χ4v) is 3.31. The second kappa shape index (κ2) is 8.22. The molecule has 0 unspecified atom stereocenters. The van der Waals surface area contributed by atoms with Gasteiger partial charge in [0.2, 0.25) is 5.91 Å². The van der Waals surface area contributed by atoms with Crippen molar-refractivity contribution in [3.63, 3.8) is 0 Å². The molecule has 27 heavy (non-hydrogen) atoms. The van der Waals surface area contributed by atoms with Gasteiger partial charge >= 0.3 is 0 Å². The number of benzene rings is 2. The zero-order chi connectivity index (χ0) is 19.4. The second-order valence-electron chi connectivity index (χ2n) is 6.81. The summed E-state index contributed by atoms with van der Waals surface area (Å²) in [5, 5.41) is 12.9. The highest BCUT2D eigenvalue weighted by Crippen LogP contribution is 2.27. The normalized spacial score (nSPS) is 16.0. The van der Waals surface area contributed by atoms with Gasteiger partial charge < -0.3 is 15.3 Å². The van der Waals surface area contributed by atoms with Gasteiger partial charge in [0.25, 0.3) is 0 Å². The SMILES string of the molecule is CC(=O)c1cccc(NC(=O)[C@@H](C)N2CCN(c3ccccc3O)CC2)c1. The predicted octanol–water partition coefficient (Wildman–Crippen LogP) is 2.74. The van der Waals surface area contributed by atoms with E-state index >= 15 is 0 Å². The van der Waals surface area contributed by atoms with Crippen molar-refractivity contribution in [1.82, 2.24) is 4.90 Å². The third-order valence-corrected chi connectivity index (χ3v) is 5.00. The number of Topliss-reactive ketones (excluding diaryl/α,β-unsaturated/α-hetero) is 1. The van der Waals surface area contributed by atoms with Gasteiger partial charge in [0.15, 0.2) is 5.78 Å². The molecule has 1 heterocycles. The minimum Gasteiger partial charge on any atom is -0.506 e. The van der Waals surface area contributed by atoms with Crippen molar-refractivity contribution >= 4 is 23.1 Å². The Morgan fingerprint density at radius 1 is 1.04 bits per heavy atom. The number of carbonyl (C=O) groups is 2. The van der Waals surface area contributed by atoms with Crippen LogP contribution in [-0.4, -0.2) is 53.9 Å². The number of phenols is 1. The summed E-state index contributed by atoms with van der Waals surface area (Å²) in [6.07, 6.45) is 0. The zero-order valence-electron chi connectivity index (χ0n) is 15.7. The molecule has 0 saturated carbocycles. The Morgan fingerprint density at radius 2 is 1.74 bits per heavy atom. The van der Waals surface area contributed by atoms with Gasteiger partial charge in [-0.15, -0.1) is 0 Å². The lowest BCUT2D eigenvalue weighted by Crippen LogP contribution is -2.52. The number of amides is 1. The molecule has 0 spiro atoms. The number of rotatable bonds is 5. The molecule has 1 atom stereocenters. The molecule has 2 aromatic carbocycles. The van der Waals surface area contributed by atoms with Crippen molar-refractivity contribution in [1.29, 1.82) is 0 Å². The van der Waals surface area contributed by atoms with Crippen molar-refractivity contribution in [2.24, 2.45) is 0 Å². The van der Waals surface area contributed by atoms with Gasteiger partial charge in [-0.05, 0) is 38.1 Å². The maximum absolute atomic E-state index is 12.6. The molecule has 0 aromatic heterocycles. The molecule has 0 bridgehead atoms. The number of aromatic hydroxyl groups is 1. The fourth-order valence-electron chi connectivity index (χ4n) is 3.31. The van der Waals surface area contributed by atoms with E-state index in [1.807, 2.05) is 25.1 Å². The minimum absolute atomic E-state index is 0.0283. The summed E-state index contributed by atoms with van der Waals surface area (Å²) in [6.45, 7) is 6.35. The summed E-state index contributed by atoms with van der Waals surface area (Å²) >= 11 is 0. The van der Waals surface area contributed by atoms with Crippen LogP contribution in [0.3, 0.4) is 0 Å². The highest BCUT2D eigenvalue weighted by Gasteiger charge is 2.26. The predicted molar refractivity (Wildman–Crippen MR) is 106 cm³/mol. The molecule has 1 fully saturated rings. The van der Waals surface area contributed by atoms with Crippen LogP contribution in [0.15, 0.2) is 48.5 Å². The first-order valence-electron chi connectivity index (χ1n) is 9.14. The van der Waals surface area contributed by atoms with Crippen molar-refractivity contribution < 1.29 is 14.7 Å². The molecule has 1 amide bonds. The Labute approximate surface area is 159 Å². The van der Waals surface area contributed by atoms with E-state index in [1.54, 1.807) is 30.3 Å². The number of nitrogens with one attached hydrogen (secondary N) is 1. The largest absolute Gasteiger partial charge is 0.506 e. The molecular weight excluding hydrogens is 342 g/mol. The number of hydrogen-bond acceptors (Lipinski definition) is 5. The van der Waals surface area contributed by atoms with Crippen molar-refractivity contribution in [2.75, 3.05) is 36.4 Å². The number of piperazine rings is 1. The monoisotopic (exact) mass is 367 g/mol. The maximum atomic E-state index is 12.6. The molecule has 2 aromatic rings. The number of phenolic OH excluding ortho intramolecular Hbond substituents is 1. The van der Waals surface area contributed by atoms with Gasteiger partial charge in [-0.25, -0.2) is 0 Å². The highest BCUT2D eigenvalue weighted by molar-refractivity contribution is 5.98. The van der Waals surface area contributed by atoms with Gasteiger partial charge in [0, 0.05) is 37.4 Å². The lowest BCUT2D eigenvalue weighted by atomic mass is 10.1. The number of hydrogen-bond donors (Lipinski definition) is 2. The number of nitrogens with zero attached hydrogens (tertiary/aromatic N) is 2. The standard InChI is InChI=1S/C21H25N3O3/c1-15(21(27)22-18-7-5-6-17(14-18)16(2)25)23-10-12-24(13-11-23)19-8-3-4-9-20(19)26/h3-9,14-15,26H,10-13H2,1-2H3,(H,22,27)/t15-/m1/s1. The summed E-state index contributed by atoms with van der Waals surface area (Å²) in [5.74, 6) is 0.160. The maximum Gasteiger partial charge on any atom is 0.241 e. The molecule has 142 valence electrons. The Kier molecular flexibility index (Phi) is 5.76. The first-order chi connectivity index (χ1) is 13.0. The number of ketones is 1. The number of para-hydroxylation sites is 2. The summed E-state index contributed by atoms with van der Waals surface area (Å²) in [7, 11) is 0. The molecule has 6 heteroatoms. The van der Waals surface area contributed by atoms with Crippen molar-refractivity contribution in [3.8, 4) is 5.75 Å². The van der Waals surface area contributed by atoms with Crippen LogP contribution in [0.25, 0.3) is 0 Å². The molecule has 0 aliphatic carbocycles. The Hall–Kier alpha value is -2.86. The van der Waals surface area contributed by atoms with Gasteiger partial charge in [0.1, 0.15) is 5.75 Å². The molecular formula is C21H25N3O3. The van der Waals surface area contributed by atoms with E-state index < -0.39 is 0 Å². The number of anilines is 2. The quantitative estimate of drug-likeness (QED) is 0.795. The van der Waals surface area contributed by atoms with Gasteiger partial charge in [0.05, 0.1) is 11.7 Å². The van der Waals surface area contributed by atoms with E-state index in [4.69, 9.17) is 0 Å². The average Bonchev–Trinajstić information content (AvgIpc) is 2.68. The van der Waals surface area contributed by atoms with E-state index in [-0.39, 0.29) is 23.5 Å². The molecule has 6 nitrogen and oxygen atoms in total. The van der Waals surface area contributed by atoms with E-state index in [0.717, 1.165) is 31.9 Å². The van der Waals surface area contributed by atoms with Gasteiger partial charge in [-0.3, -0.25) is 14.5 Å². The smallest absolute Gasteiger partial charge is 0.241 e. The summed E-state index contributed by atoms with van der Waals surface area (Å²) in [6, 6.07) is 14.0. The van der Waals surface area contributed by atoms with Crippen LogP contribution in [-0.2, 0) is 4.79 Å². The van der Waals surface area contributed by atoms with E-state index in [9.17, 15) is 14.7 Å². The van der Waals surface area contributed by atoms with Crippen molar-refractivity contribution in [3.05, 3.63) is 54.1 Å². The van der Waals surface area contributed by atoms with Crippen LogP contribution < -0.4 is 10.2 Å². The molecule has 0 radical (unpaired) electrons. The molecule has 1 saturated heterocycles. The Bertz CT molecular complexity index is 829. The van der Waals surface area contributed by atoms with Gasteiger partial charge in [-0.1, -0.05) is 24.3 Å². The lowest BCUT2D eigenvalue weighted by Gasteiger charge is -2.38. The summed E-state index contributed by atoms with van der Waals surface area (Å²) in [4.78, 5) is 28.4. The highest BCUT2D eigenvalue weighted by atomic mass is 16.3. The molecule has 1 aliphatic heterocycles. The second-order valence-corrected chi connectivity index (χ2v) is 6.81. The van der Waals surface area contributed by atoms with E-state index in [2.05, 4.69) is 15.1 Å². The van der Waals surface area contributed by atoms with Crippen LogP contribution in [0.1, 0.15) is 24.2 Å². The van der Waals surface area contributed by atoms with Crippen LogP contribution in [0.2, 0.25) is 0 Å². The molecule has 3 rings (SSSR count). The minimum atomic E-state index is -0.280. The molecule has 2 N–H and O–H groups in total. The van der Waals surface area contributed by atoms with Crippen LogP contribution in [0.5, 0.6) is 5.75 Å². The topological polar surface area (TPSA) is 72.9 Å². The van der Waals surface area contributed by atoms with E-state index in [1.165, 1.54) is 6.92 Å². The lowest BCUT2D eigenvalue weighted by molar-refractivity contribution is -0.120. The first kappa shape index (κ1) is 18.9. The van der Waals surface area contributed by atoms with Gasteiger partial charge in [-0.2, -0.15) is 0 Å². The van der Waals surface area contributed by atoms with Crippen LogP contribution in [0.4, 0.5) is 11.4 Å². The fraction of sp³-hybridized carbons (Fsp3) is 0.333. The Morgan fingerprint density at radius 3 is 2.41 bits per heavy atom. The Balaban J connectivity index is 1.58. The third kappa shape index (κ3) is 4.46.